The van der Waals surface area contributed by atoms with Crippen molar-refractivity contribution >= 4 is 35.8 Å². The van der Waals surface area contributed by atoms with E-state index in [9.17, 15) is 4.79 Å². The molecule has 0 spiro atoms. The molecule has 27 heavy (non-hydrogen) atoms. The lowest BCUT2D eigenvalue weighted by atomic mass is 10.2. The number of piperazine rings is 1. The number of nitrogens with one attached hydrogen (secondary N) is 1. The van der Waals surface area contributed by atoms with E-state index < -0.39 is 0 Å². The molecule has 0 saturated carbocycles. The van der Waals surface area contributed by atoms with Crippen LogP contribution in [0, 0.1) is 0 Å². The third kappa shape index (κ3) is 6.06. The molecule has 9 heteroatoms. The van der Waals surface area contributed by atoms with Gasteiger partial charge in [-0.25, -0.2) is 0 Å². The van der Waals surface area contributed by atoms with Crippen molar-refractivity contribution in [1.82, 2.24) is 24.9 Å². The highest BCUT2D eigenvalue weighted by atomic mass is 127. The maximum Gasteiger partial charge on any atom is 0.251 e. The molecular weight excluding hydrogens is 459 g/mol. The number of halogens is 1. The molecule has 0 bridgehead atoms. The minimum atomic E-state index is -0.216. The van der Waals surface area contributed by atoms with Crippen LogP contribution in [-0.4, -0.2) is 83.9 Å². The zero-order valence-electron chi connectivity index (χ0n) is 16.3. The molecule has 1 aromatic heterocycles. The van der Waals surface area contributed by atoms with E-state index >= 15 is 0 Å². The third-order valence-corrected chi connectivity index (χ3v) is 4.99. The van der Waals surface area contributed by atoms with Gasteiger partial charge in [0.25, 0.3) is 5.91 Å². The summed E-state index contributed by atoms with van der Waals surface area (Å²) in [5.41, 5.74) is 1.26. The van der Waals surface area contributed by atoms with Gasteiger partial charge in [-0.3, -0.25) is 14.5 Å². The Morgan fingerprint density at radius 2 is 2.07 bits per heavy atom. The summed E-state index contributed by atoms with van der Waals surface area (Å²) in [5.74, 6) is 1.07. The molecule has 3 rings (SSSR count). The van der Waals surface area contributed by atoms with Crippen molar-refractivity contribution in [2.45, 2.75) is 31.8 Å². The van der Waals surface area contributed by atoms with E-state index in [0.717, 1.165) is 64.4 Å². The van der Waals surface area contributed by atoms with Crippen LogP contribution in [0.4, 0.5) is 0 Å². The van der Waals surface area contributed by atoms with Crippen LogP contribution in [0.1, 0.15) is 24.8 Å². The van der Waals surface area contributed by atoms with E-state index in [2.05, 4.69) is 26.5 Å². The van der Waals surface area contributed by atoms with Gasteiger partial charge in [0.15, 0.2) is 5.96 Å². The summed E-state index contributed by atoms with van der Waals surface area (Å²) in [6, 6.07) is 0. The molecular formula is C18H31IN6O2. The first-order valence-corrected chi connectivity index (χ1v) is 9.51. The molecule has 1 amide bonds. The minimum Gasteiger partial charge on any atom is -0.368 e. The van der Waals surface area contributed by atoms with Crippen LogP contribution < -0.4 is 5.32 Å². The lowest BCUT2D eigenvalue weighted by Crippen LogP contribution is -2.55. The monoisotopic (exact) mass is 490 g/mol. The quantitative estimate of drug-likeness (QED) is 0.287. The standard InChI is InChI=1S/C18H30N6O2.HI/c1-19-18(20-7-3-5-15-13-21-22(2)14-15)24-10-8-23(9-11-24)17(25)16-6-4-12-26-16;/h13-14,16H,3-12H2,1-2H3,(H,19,20);1H. The van der Waals surface area contributed by atoms with E-state index in [1.165, 1.54) is 5.56 Å². The first-order chi connectivity index (χ1) is 12.7. The summed E-state index contributed by atoms with van der Waals surface area (Å²) in [6.07, 6.45) is 7.64. The van der Waals surface area contributed by atoms with Gasteiger partial charge in [-0.05, 0) is 31.2 Å². The molecule has 2 aliphatic heterocycles. The molecule has 0 aliphatic carbocycles. The summed E-state index contributed by atoms with van der Waals surface area (Å²) in [4.78, 5) is 21.0. The fourth-order valence-corrected chi connectivity index (χ4v) is 3.54. The Morgan fingerprint density at radius 1 is 1.33 bits per heavy atom. The van der Waals surface area contributed by atoms with Gasteiger partial charge < -0.3 is 19.9 Å². The number of rotatable bonds is 5. The Kier molecular flexibility index (Phi) is 8.81. The summed E-state index contributed by atoms with van der Waals surface area (Å²) >= 11 is 0. The van der Waals surface area contributed by atoms with Gasteiger partial charge in [-0.15, -0.1) is 24.0 Å². The molecule has 1 N–H and O–H groups in total. The van der Waals surface area contributed by atoms with Gasteiger partial charge in [0.1, 0.15) is 6.10 Å². The number of aromatic nitrogens is 2. The van der Waals surface area contributed by atoms with Crippen molar-refractivity contribution in [2.75, 3.05) is 46.4 Å². The predicted octanol–water partition coefficient (Wildman–Crippen LogP) is 0.869. The second-order valence-electron chi connectivity index (χ2n) is 6.91. The predicted molar refractivity (Wildman–Crippen MR) is 115 cm³/mol. The van der Waals surface area contributed by atoms with Gasteiger partial charge in [0.05, 0.1) is 6.20 Å². The highest BCUT2D eigenvalue weighted by Gasteiger charge is 2.30. The smallest absolute Gasteiger partial charge is 0.251 e. The molecule has 3 heterocycles. The van der Waals surface area contributed by atoms with E-state index in [4.69, 9.17) is 4.74 Å². The van der Waals surface area contributed by atoms with E-state index in [1.807, 2.05) is 29.9 Å². The van der Waals surface area contributed by atoms with E-state index in [-0.39, 0.29) is 36.0 Å². The Hall–Kier alpha value is -1.36. The van der Waals surface area contributed by atoms with Crippen LogP contribution in [0.3, 0.4) is 0 Å². The van der Waals surface area contributed by atoms with Crippen molar-refractivity contribution in [3.05, 3.63) is 18.0 Å². The first kappa shape index (κ1) is 21.9. The van der Waals surface area contributed by atoms with Crippen molar-refractivity contribution in [2.24, 2.45) is 12.0 Å². The second-order valence-corrected chi connectivity index (χ2v) is 6.91. The van der Waals surface area contributed by atoms with Crippen molar-refractivity contribution in [3.63, 3.8) is 0 Å². The molecule has 1 aromatic rings. The average Bonchev–Trinajstić information content (AvgIpc) is 3.33. The Balaban J connectivity index is 0.00000261. The van der Waals surface area contributed by atoms with Crippen molar-refractivity contribution in [3.8, 4) is 0 Å². The van der Waals surface area contributed by atoms with Crippen LogP contribution in [0.2, 0.25) is 0 Å². The normalized spacial score (nSPS) is 20.5. The van der Waals surface area contributed by atoms with Crippen LogP contribution >= 0.6 is 24.0 Å². The van der Waals surface area contributed by atoms with Gasteiger partial charge >= 0.3 is 0 Å². The van der Waals surface area contributed by atoms with E-state index in [0.29, 0.717) is 6.61 Å². The summed E-state index contributed by atoms with van der Waals surface area (Å²) < 4.78 is 7.35. The van der Waals surface area contributed by atoms with Crippen LogP contribution in [-0.2, 0) is 23.0 Å². The second kappa shape index (κ2) is 10.8. The van der Waals surface area contributed by atoms with Gasteiger partial charge in [-0.2, -0.15) is 5.10 Å². The number of aliphatic imine (C=N–C) groups is 1. The Bertz CT molecular complexity index is 621. The molecule has 152 valence electrons. The summed E-state index contributed by atoms with van der Waals surface area (Å²) in [5, 5.41) is 7.63. The molecule has 0 aromatic carbocycles. The number of ether oxygens (including phenoxy) is 1. The third-order valence-electron chi connectivity index (χ3n) is 4.99. The average molecular weight is 490 g/mol. The number of carbonyl (C=O) groups is 1. The molecule has 0 radical (unpaired) electrons. The maximum atomic E-state index is 12.4. The molecule has 1 atom stereocenters. The number of guanidine groups is 1. The largest absolute Gasteiger partial charge is 0.368 e. The van der Waals surface area contributed by atoms with Gasteiger partial charge in [0.2, 0.25) is 0 Å². The fraction of sp³-hybridized carbons (Fsp3) is 0.722. The number of hydrogen-bond acceptors (Lipinski definition) is 4. The SMILES string of the molecule is CN=C(NCCCc1cnn(C)c1)N1CCN(C(=O)C2CCCO2)CC1.I. The van der Waals surface area contributed by atoms with Crippen LogP contribution in [0.15, 0.2) is 17.4 Å². The lowest BCUT2D eigenvalue weighted by molar-refractivity contribution is -0.142. The number of aryl methyl sites for hydroxylation is 2. The molecule has 2 aliphatic rings. The Labute approximate surface area is 178 Å². The first-order valence-electron chi connectivity index (χ1n) is 9.51. The van der Waals surface area contributed by atoms with Crippen LogP contribution in [0.5, 0.6) is 0 Å². The van der Waals surface area contributed by atoms with Crippen LogP contribution in [0.25, 0.3) is 0 Å². The number of nitrogens with zero attached hydrogens (tertiary/aromatic N) is 5. The zero-order chi connectivity index (χ0) is 18.4. The molecule has 8 nitrogen and oxygen atoms in total. The van der Waals surface area contributed by atoms with Crippen molar-refractivity contribution in [1.29, 1.82) is 0 Å². The Morgan fingerprint density at radius 3 is 2.67 bits per heavy atom. The minimum absolute atomic E-state index is 0. The highest BCUT2D eigenvalue weighted by molar-refractivity contribution is 14.0. The molecule has 1 unspecified atom stereocenters. The highest BCUT2D eigenvalue weighted by Crippen LogP contribution is 2.16. The fourth-order valence-electron chi connectivity index (χ4n) is 3.54. The summed E-state index contributed by atoms with van der Waals surface area (Å²) in [6.45, 7) is 4.66. The summed E-state index contributed by atoms with van der Waals surface area (Å²) in [7, 11) is 3.75. The topological polar surface area (TPSA) is 75.0 Å². The lowest BCUT2D eigenvalue weighted by Gasteiger charge is -2.37. The molecule has 2 fully saturated rings. The number of amides is 1. The van der Waals surface area contributed by atoms with Gasteiger partial charge in [0, 0.05) is 59.6 Å². The number of carbonyl (C=O) groups excluding carboxylic acids is 1. The van der Waals surface area contributed by atoms with Crippen molar-refractivity contribution < 1.29 is 9.53 Å². The molecule has 2 saturated heterocycles. The zero-order valence-corrected chi connectivity index (χ0v) is 18.6. The van der Waals surface area contributed by atoms with Gasteiger partial charge in [-0.1, -0.05) is 0 Å². The van der Waals surface area contributed by atoms with E-state index in [1.54, 1.807) is 0 Å². The number of hydrogen-bond donors (Lipinski definition) is 1. The maximum absolute atomic E-state index is 12.4.